The molecule has 0 aliphatic heterocycles. The highest BCUT2D eigenvalue weighted by Gasteiger charge is 2.09. The molecule has 0 aliphatic carbocycles. The average molecular weight is 238 g/mol. The van der Waals surface area contributed by atoms with Gasteiger partial charge in [-0.05, 0) is 12.5 Å². The SMILES string of the molecule is CCCCNC(=O)Oc1cccc([N+](=O)[O-])c1. The highest BCUT2D eigenvalue weighted by molar-refractivity contribution is 5.70. The molecule has 0 aliphatic rings. The van der Waals surface area contributed by atoms with Crippen LogP contribution in [0.25, 0.3) is 0 Å². The first kappa shape index (κ1) is 13.0. The van der Waals surface area contributed by atoms with Gasteiger partial charge in [-0.15, -0.1) is 0 Å². The van der Waals surface area contributed by atoms with Crippen LogP contribution in [0, 0.1) is 10.1 Å². The minimum Gasteiger partial charge on any atom is -0.410 e. The van der Waals surface area contributed by atoms with Gasteiger partial charge in [0.2, 0.25) is 0 Å². The summed E-state index contributed by atoms with van der Waals surface area (Å²) in [4.78, 5) is 21.2. The summed E-state index contributed by atoms with van der Waals surface area (Å²) in [5.74, 6) is 0.160. The van der Waals surface area contributed by atoms with Gasteiger partial charge < -0.3 is 10.1 Å². The van der Waals surface area contributed by atoms with E-state index in [4.69, 9.17) is 4.74 Å². The van der Waals surface area contributed by atoms with Crippen LogP contribution in [0.15, 0.2) is 24.3 Å². The summed E-state index contributed by atoms with van der Waals surface area (Å²) in [5, 5.41) is 13.0. The number of hydrogen-bond acceptors (Lipinski definition) is 4. The zero-order valence-electron chi connectivity index (χ0n) is 9.51. The van der Waals surface area contributed by atoms with E-state index in [9.17, 15) is 14.9 Å². The molecule has 0 saturated heterocycles. The van der Waals surface area contributed by atoms with Crippen LogP contribution >= 0.6 is 0 Å². The summed E-state index contributed by atoms with van der Waals surface area (Å²) in [5.41, 5.74) is -0.108. The number of carbonyl (C=O) groups is 1. The van der Waals surface area contributed by atoms with E-state index in [0.717, 1.165) is 12.8 Å². The molecule has 1 N–H and O–H groups in total. The number of amides is 1. The van der Waals surface area contributed by atoms with Crippen LogP contribution in [0.4, 0.5) is 10.5 Å². The number of nitrogens with zero attached hydrogens (tertiary/aromatic N) is 1. The summed E-state index contributed by atoms with van der Waals surface area (Å²) in [6.07, 6.45) is 1.24. The average Bonchev–Trinajstić information content (AvgIpc) is 2.29. The van der Waals surface area contributed by atoms with Crippen molar-refractivity contribution in [1.82, 2.24) is 5.32 Å². The molecule has 0 atom stereocenters. The summed E-state index contributed by atoms with van der Waals surface area (Å²) in [6, 6.07) is 5.50. The molecule has 1 aromatic carbocycles. The van der Waals surface area contributed by atoms with Crippen LogP contribution in [-0.2, 0) is 0 Å². The smallest absolute Gasteiger partial charge is 0.410 e. The molecule has 0 heterocycles. The van der Waals surface area contributed by atoms with Crippen molar-refractivity contribution in [1.29, 1.82) is 0 Å². The fourth-order valence-electron chi connectivity index (χ4n) is 1.17. The molecule has 0 fully saturated rings. The Kier molecular flexibility index (Phi) is 4.93. The standard InChI is InChI=1S/C11H14N2O4/c1-2-3-7-12-11(14)17-10-6-4-5-9(8-10)13(15)16/h4-6,8H,2-3,7H2,1H3,(H,12,14). The van der Waals surface area contributed by atoms with Crippen LogP contribution in [0.3, 0.4) is 0 Å². The molecule has 6 nitrogen and oxygen atoms in total. The molecule has 1 amide bonds. The molecule has 0 unspecified atom stereocenters. The molecule has 0 aromatic heterocycles. The van der Waals surface area contributed by atoms with Crippen LogP contribution in [-0.4, -0.2) is 17.6 Å². The number of benzene rings is 1. The van der Waals surface area contributed by atoms with Crippen LogP contribution in [0.5, 0.6) is 5.75 Å². The Bertz CT molecular complexity index is 406. The van der Waals surface area contributed by atoms with Gasteiger partial charge in [0.15, 0.2) is 0 Å². The van der Waals surface area contributed by atoms with E-state index < -0.39 is 11.0 Å². The lowest BCUT2D eigenvalue weighted by Crippen LogP contribution is -2.27. The lowest BCUT2D eigenvalue weighted by atomic mass is 10.3. The fraction of sp³-hybridized carbons (Fsp3) is 0.364. The van der Waals surface area contributed by atoms with Crippen molar-refractivity contribution >= 4 is 11.8 Å². The largest absolute Gasteiger partial charge is 0.412 e. The molecule has 0 spiro atoms. The van der Waals surface area contributed by atoms with Gasteiger partial charge in [-0.3, -0.25) is 10.1 Å². The maximum atomic E-state index is 11.3. The van der Waals surface area contributed by atoms with Crippen molar-refractivity contribution in [2.24, 2.45) is 0 Å². The quantitative estimate of drug-likeness (QED) is 0.485. The first-order chi connectivity index (χ1) is 8.13. The molecular formula is C11H14N2O4. The van der Waals surface area contributed by atoms with Gasteiger partial charge in [0.05, 0.1) is 11.0 Å². The summed E-state index contributed by atoms with van der Waals surface area (Å²) in [7, 11) is 0. The second-order valence-electron chi connectivity index (χ2n) is 3.42. The van der Waals surface area contributed by atoms with E-state index in [1.165, 1.54) is 24.3 Å². The Morgan fingerprint density at radius 2 is 2.29 bits per heavy atom. The van der Waals surface area contributed by atoms with Gasteiger partial charge in [-0.1, -0.05) is 19.4 Å². The lowest BCUT2D eigenvalue weighted by Gasteiger charge is -2.05. The van der Waals surface area contributed by atoms with E-state index in [1.54, 1.807) is 0 Å². The van der Waals surface area contributed by atoms with Gasteiger partial charge in [0, 0.05) is 12.6 Å². The van der Waals surface area contributed by atoms with Crippen molar-refractivity contribution < 1.29 is 14.5 Å². The zero-order chi connectivity index (χ0) is 12.7. The molecule has 0 bridgehead atoms. The number of nitro groups is 1. The second-order valence-corrected chi connectivity index (χ2v) is 3.42. The minimum absolute atomic E-state index is 0.108. The number of ether oxygens (including phenoxy) is 1. The van der Waals surface area contributed by atoms with E-state index in [1.807, 2.05) is 6.92 Å². The summed E-state index contributed by atoms with van der Waals surface area (Å²) < 4.78 is 4.90. The molecule has 1 rings (SSSR count). The van der Waals surface area contributed by atoms with Gasteiger partial charge >= 0.3 is 6.09 Å². The van der Waals surface area contributed by atoms with Crippen molar-refractivity contribution in [3.8, 4) is 5.75 Å². The fourth-order valence-corrected chi connectivity index (χ4v) is 1.17. The van der Waals surface area contributed by atoms with Crippen molar-refractivity contribution in [3.05, 3.63) is 34.4 Å². The maximum absolute atomic E-state index is 11.3. The monoisotopic (exact) mass is 238 g/mol. The van der Waals surface area contributed by atoms with Gasteiger partial charge in [-0.25, -0.2) is 4.79 Å². The van der Waals surface area contributed by atoms with E-state index in [-0.39, 0.29) is 11.4 Å². The summed E-state index contributed by atoms with van der Waals surface area (Å²) in [6.45, 7) is 2.54. The normalized spacial score (nSPS) is 9.71. The Hall–Kier alpha value is -2.11. The third kappa shape index (κ3) is 4.50. The molecular weight excluding hydrogens is 224 g/mol. The van der Waals surface area contributed by atoms with Crippen molar-refractivity contribution in [2.45, 2.75) is 19.8 Å². The van der Waals surface area contributed by atoms with Crippen molar-refractivity contribution in [2.75, 3.05) is 6.54 Å². The van der Waals surface area contributed by atoms with E-state index in [0.29, 0.717) is 6.54 Å². The lowest BCUT2D eigenvalue weighted by molar-refractivity contribution is -0.384. The Balaban J connectivity index is 2.53. The number of non-ortho nitro benzene ring substituents is 1. The van der Waals surface area contributed by atoms with Crippen LogP contribution < -0.4 is 10.1 Å². The first-order valence-electron chi connectivity index (χ1n) is 5.33. The highest BCUT2D eigenvalue weighted by Crippen LogP contribution is 2.18. The van der Waals surface area contributed by atoms with Crippen molar-refractivity contribution in [3.63, 3.8) is 0 Å². The molecule has 17 heavy (non-hydrogen) atoms. The Morgan fingerprint density at radius 3 is 2.94 bits per heavy atom. The Labute approximate surface area is 98.7 Å². The van der Waals surface area contributed by atoms with E-state index in [2.05, 4.69) is 5.32 Å². The van der Waals surface area contributed by atoms with E-state index >= 15 is 0 Å². The number of nitro benzene ring substituents is 1. The van der Waals surface area contributed by atoms with Crippen LogP contribution in [0.1, 0.15) is 19.8 Å². The third-order valence-corrected chi connectivity index (χ3v) is 2.04. The third-order valence-electron chi connectivity index (χ3n) is 2.04. The van der Waals surface area contributed by atoms with Gasteiger partial charge in [0.1, 0.15) is 5.75 Å². The summed E-state index contributed by atoms with van der Waals surface area (Å²) >= 11 is 0. The first-order valence-corrected chi connectivity index (χ1v) is 5.33. The highest BCUT2D eigenvalue weighted by atomic mass is 16.6. The molecule has 6 heteroatoms. The number of rotatable bonds is 5. The molecule has 0 saturated carbocycles. The number of carbonyl (C=O) groups excluding carboxylic acids is 1. The zero-order valence-corrected chi connectivity index (χ0v) is 9.51. The topological polar surface area (TPSA) is 81.5 Å². The predicted molar refractivity (Wildman–Crippen MR) is 62.0 cm³/mol. The van der Waals surface area contributed by atoms with Gasteiger partial charge in [-0.2, -0.15) is 0 Å². The molecule has 1 aromatic rings. The second kappa shape index (κ2) is 6.47. The maximum Gasteiger partial charge on any atom is 0.412 e. The minimum atomic E-state index is -0.598. The number of hydrogen-bond donors (Lipinski definition) is 1. The number of unbranched alkanes of at least 4 members (excludes halogenated alkanes) is 1. The van der Waals surface area contributed by atoms with Crippen LogP contribution in [0.2, 0.25) is 0 Å². The molecule has 0 radical (unpaired) electrons. The molecule has 92 valence electrons. The Morgan fingerprint density at radius 1 is 1.53 bits per heavy atom. The predicted octanol–water partition coefficient (Wildman–Crippen LogP) is 2.48. The van der Waals surface area contributed by atoms with Gasteiger partial charge in [0.25, 0.3) is 5.69 Å². The number of nitrogens with one attached hydrogen (secondary N) is 1.